The maximum Gasteiger partial charge on any atom is 0.233 e. The molecular weight excluding hydrogens is 352 g/mol. The molecule has 4 rings (SSSR count). The van der Waals surface area contributed by atoms with Crippen LogP contribution in [0.1, 0.15) is 21.7 Å². The number of methoxy groups -OCH3 is 1. The highest BCUT2D eigenvalue weighted by Crippen LogP contribution is 2.28. The van der Waals surface area contributed by atoms with Gasteiger partial charge in [-0.15, -0.1) is 0 Å². The largest absolute Gasteiger partial charge is 0.497 e. The van der Waals surface area contributed by atoms with E-state index in [9.17, 15) is 4.79 Å². The Balaban J connectivity index is 1.83. The fourth-order valence-corrected chi connectivity index (χ4v) is 3.09. The molecule has 26 heavy (non-hydrogen) atoms. The summed E-state index contributed by atoms with van der Waals surface area (Å²) in [5.74, 6) is 0.683. The molecule has 2 heterocycles. The predicted molar refractivity (Wildman–Crippen MR) is 99.0 cm³/mol. The molecule has 2 aromatic heterocycles. The lowest BCUT2D eigenvalue weighted by Crippen LogP contribution is -2.00. The van der Waals surface area contributed by atoms with Gasteiger partial charge >= 0.3 is 0 Å². The SMILES string of the molecule is COc1ccc2c(c1)c(C(=O)c1ccno1)cn2Cc1ccc(Cl)cc1. The van der Waals surface area contributed by atoms with E-state index in [1.165, 1.54) is 6.20 Å². The number of benzene rings is 2. The number of carbonyl (C=O) groups is 1. The first-order chi connectivity index (χ1) is 12.7. The maximum absolute atomic E-state index is 12.8. The van der Waals surface area contributed by atoms with E-state index in [2.05, 4.69) is 5.16 Å². The van der Waals surface area contributed by atoms with Gasteiger partial charge in [0.1, 0.15) is 5.75 Å². The van der Waals surface area contributed by atoms with Crippen molar-refractivity contribution in [2.75, 3.05) is 7.11 Å². The van der Waals surface area contributed by atoms with Crippen LogP contribution in [0.5, 0.6) is 5.75 Å². The molecule has 0 atom stereocenters. The van der Waals surface area contributed by atoms with Crippen LogP contribution in [0.25, 0.3) is 10.9 Å². The van der Waals surface area contributed by atoms with E-state index in [0.29, 0.717) is 22.9 Å². The monoisotopic (exact) mass is 366 g/mol. The van der Waals surface area contributed by atoms with Crippen LogP contribution in [-0.2, 0) is 6.54 Å². The molecule has 0 bridgehead atoms. The Morgan fingerprint density at radius 3 is 2.69 bits per heavy atom. The molecule has 0 amide bonds. The molecular formula is C20H15ClN2O3. The number of ketones is 1. The minimum atomic E-state index is -0.212. The van der Waals surface area contributed by atoms with Gasteiger partial charge < -0.3 is 13.8 Å². The normalized spacial score (nSPS) is 11.0. The van der Waals surface area contributed by atoms with E-state index in [1.54, 1.807) is 13.2 Å². The highest BCUT2D eigenvalue weighted by atomic mass is 35.5. The summed E-state index contributed by atoms with van der Waals surface area (Å²) in [5, 5.41) is 5.12. The average molecular weight is 367 g/mol. The van der Waals surface area contributed by atoms with Gasteiger partial charge in [0, 0.05) is 34.7 Å². The highest BCUT2D eigenvalue weighted by Gasteiger charge is 2.20. The van der Waals surface area contributed by atoms with Gasteiger partial charge in [-0.05, 0) is 35.9 Å². The molecule has 0 aliphatic rings. The molecule has 0 aliphatic carbocycles. The molecule has 0 unspecified atom stereocenters. The average Bonchev–Trinajstić information content (AvgIpc) is 3.31. The Labute approximate surface area is 154 Å². The lowest BCUT2D eigenvalue weighted by molar-refractivity contribution is 0.100. The van der Waals surface area contributed by atoms with Crippen molar-refractivity contribution in [2.24, 2.45) is 0 Å². The fourth-order valence-electron chi connectivity index (χ4n) is 2.97. The van der Waals surface area contributed by atoms with Gasteiger partial charge in [-0.1, -0.05) is 28.9 Å². The molecule has 0 saturated heterocycles. The van der Waals surface area contributed by atoms with Crippen molar-refractivity contribution in [1.29, 1.82) is 0 Å². The smallest absolute Gasteiger partial charge is 0.233 e. The first-order valence-corrected chi connectivity index (χ1v) is 8.40. The zero-order valence-corrected chi connectivity index (χ0v) is 14.7. The summed E-state index contributed by atoms with van der Waals surface area (Å²) in [6.45, 7) is 0.615. The molecule has 0 fully saturated rings. The van der Waals surface area contributed by atoms with Crippen LogP contribution in [0.2, 0.25) is 5.02 Å². The number of nitrogens with zero attached hydrogens (tertiary/aromatic N) is 2. The summed E-state index contributed by atoms with van der Waals surface area (Å²) >= 11 is 5.96. The number of carbonyl (C=O) groups excluding carboxylic acids is 1. The van der Waals surface area contributed by atoms with Crippen LogP contribution in [-0.4, -0.2) is 22.6 Å². The van der Waals surface area contributed by atoms with E-state index < -0.39 is 0 Å². The molecule has 0 aliphatic heterocycles. The quantitative estimate of drug-likeness (QED) is 0.485. The second kappa shape index (κ2) is 6.69. The van der Waals surface area contributed by atoms with Gasteiger partial charge in [0.15, 0.2) is 0 Å². The number of aromatic nitrogens is 2. The van der Waals surface area contributed by atoms with E-state index in [-0.39, 0.29) is 11.5 Å². The Bertz CT molecular complexity index is 1070. The number of halogens is 1. The van der Waals surface area contributed by atoms with Gasteiger partial charge in [-0.3, -0.25) is 4.79 Å². The van der Waals surface area contributed by atoms with Crippen LogP contribution in [0, 0.1) is 0 Å². The molecule has 4 aromatic rings. The minimum Gasteiger partial charge on any atom is -0.497 e. The van der Waals surface area contributed by atoms with Crippen molar-refractivity contribution >= 4 is 28.3 Å². The summed E-state index contributed by atoms with van der Waals surface area (Å²) in [4.78, 5) is 12.8. The van der Waals surface area contributed by atoms with E-state index >= 15 is 0 Å². The van der Waals surface area contributed by atoms with E-state index in [1.807, 2.05) is 53.2 Å². The van der Waals surface area contributed by atoms with Crippen molar-refractivity contribution < 1.29 is 14.1 Å². The second-order valence-corrected chi connectivity index (χ2v) is 6.32. The lowest BCUT2D eigenvalue weighted by Gasteiger charge is -2.06. The predicted octanol–water partition coefficient (Wildman–Crippen LogP) is 4.57. The highest BCUT2D eigenvalue weighted by molar-refractivity contribution is 6.30. The number of fused-ring (bicyclic) bond motifs is 1. The second-order valence-electron chi connectivity index (χ2n) is 5.89. The Morgan fingerprint density at radius 2 is 2.00 bits per heavy atom. The topological polar surface area (TPSA) is 57.3 Å². The van der Waals surface area contributed by atoms with Crippen LogP contribution in [0.3, 0.4) is 0 Å². The molecule has 130 valence electrons. The Kier molecular flexibility index (Phi) is 4.22. The lowest BCUT2D eigenvalue weighted by atomic mass is 10.1. The standard InChI is InChI=1S/C20H15ClN2O3/c1-25-15-6-7-18-16(10-15)17(20(24)19-8-9-22-26-19)12-23(18)11-13-2-4-14(21)5-3-13/h2-10,12H,11H2,1H3. The van der Waals surface area contributed by atoms with Gasteiger partial charge in [0.25, 0.3) is 0 Å². The third-order valence-corrected chi connectivity index (χ3v) is 4.51. The minimum absolute atomic E-state index is 0.207. The van der Waals surface area contributed by atoms with Crippen molar-refractivity contribution in [3.63, 3.8) is 0 Å². The van der Waals surface area contributed by atoms with Gasteiger partial charge in [-0.25, -0.2) is 0 Å². The number of hydrogen-bond donors (Lipinski definition) is 0. The van der Waals surface area contributed by atoms with E-state index in [0.717, 1.165) is 16.5 Å². The van der Waals surface area contributed by atoms with Crippen molar-refractivity contribution in [3.05, 3.63) is 82.8 Å². The summed E-state index contributed by atoms with van der Waals surface area (Å²) < 4.78 is 12.4. The van der Waals surface area contributed by atoms with Gasteiger partial charge in [0.2, 0.25) is 11.5 Å². The maximum atomic E-state index is 12.8. The third-order valence-electron chi connectivity index (χ3n) is 4.26. The summed E-state index contributed by atoms with van der Waals surface area (Å²) in [6.07, 6.45) is 3.30. The molecule has 5 nitrogen and oxygen atoms in total. The van der Waals surface area contributed by atoms with Gasteiger partial charge in [0.05, 0.1) is 18.9 Å². The Hall–Kier alpha value is -3.05. The van der Waals surface area contributed by atoms with Crippen LogP contribution in [0.15, 0.2) is 65.4 Å². The van der Waals surface area contributed by atoms with Crippen molar-refractivity contribution in [3.8, 4) is 5.75 Å². The van der Waals surface area contributed by atoms with Crippen molar-refractivity contribution in [1.82, 2.24) is 9.72 Å². The molecule has 6 heteroatoms. The van der Waals surface area contributed by atoms with Crippen molar-refractivity contribution in [2.45, 2.75) is 6.54 Å². The molecule has 2 aromatic carbocycles. The first kappa shape index (κ1) is 16.4. The number of ether oxygens (including phenoxy) is 1. The summed E-state index contributed by atoms with van der Waals surface area (Å²) in [5.41, 5.74) is 2.56. The summed E-state index contributed by atoms with van der Waals surface area (Å²) in [6, 6.07) is 14.9. The fraction of sp³-hybridized carbons (Fsp3) is 0.100. The van der Waals surface area contributed by atoms with Gasteiger partial charge in [-0.2, -0.15) is 0 Å². The summed E-state index contributed by atoms with van der Waals surface area (Å²) in [7, 11) is 1.60. The first-order valence-electron chi connectivity index (χ1n) is 8.02. The zero-order valence-electron chi connectivity index (χ0n) is 14.0. The number of hydrogen-bond acceptors (Lipinski definition) is 4. The molecule has 0 N–H and O–H groups in total. The molecule has 0 radical (unpaired) electrons. The zero-order chi connectivity index (χ0) is 18.1. The van der Waals surface area contributed by atoms with Crippen LogP contribution >= 0.6 is 11.6 Å². The molecule has 0 spiro atoms. The molecule has 0 saturated carbocycles. The van der Waals surface area contributed by atoms with Crippen LogP contribution < -0.4 is 4.74 Å². The third kappa shape index (κ3) is 2.97. The Morgan fingerprint density at radius 1 is 1.19 bits per heavy atom. The van der Waals surface area contributed by atoms with Crippen LogP contribution in [0.4, 0.5) is 0 Å². The van der Waals surface area contributed by atoms with E-state index in [4.69, 9.17) is 20.9 Å². The number of rotatable bonds is 5.